The molecule has 1 unspecified atom stereocenters. The Morgan fingerprint density at radius 2 is 2.00 bits per heavy atom. The summed E-state index contributed by atoms with van der Waals surface area (Å²) in [6.07, 6.45) is 0. The number of benzene rings is 2. The molecule has 4 heteroatoms. The molecule has 20 heavy (non-hydrogen) atoms. The van der Waals surface area contributed by atoms with E-state index in [1.165, 1.54) is 0 Å². The van der Waals surface area contributed by atoms with E-state index in [-0.39, 0.29) is 11.9 Å². The summed E-state index contributed by atoms with van der Waals surface area (Å²) in [5.74, 6) is -0.197. The van der Waals surface area contributed by atoms with E-state index in [0.29, 0.717) is 11.1 Å². The average molecular weight is 333 g/mol. The van der Waals surface area contributed by atoms with E-state index in [1.807, 2.05) is 25.1 Å². The van der Waals surface area contributed by atoms with Gasteiger partial charge >= 0.3 is 0 Å². The van der Waals surface area contributed by atoms with E-state index >= 15 is 0 Å². The molecular formula is C16H14BrFN2. The zero-order valence-electron chi connectivity index (χ0n) is 11.2. The van der Waals surface area contributed by atoms with Gasteiger partial charge in [-0.2, -0.15) is 5.26 Å². The van der Waals surface area contributed by atoms with Gasteiger partial charge in [-0.3, -0.25) is 0 Å². The molecule has 2 rings (SSSR count). The predicted molar refractivity (Wildman–Crippen MR) is 82.0 cm³/mol. The molecule has 0 amide bonds. The van der Waals surface area contributed by atoms with Crippen LogP contribution >= 0.6 is 15.9 Å². The number of hydrogen-bond donors (Lipinski definition) is 1. The highest BCUT2D eigenvalue weighted by molar-refractivity contribution is 9.10. The lowest BCUT2D eigenvalue weighted by Crippen LogP contribution is -2.07. The van der Waals surface area contributed by atoms with Crippen LogP contribution in [0.1, 0.15) is 29.7 Å². The van der Waals surface area contributed by atoms with Crippen LogP contribution in [0, 0.1) is 24.1 Å². The summed E-state index contributed by atoms with van der Waals surface area (Å²) in [7, 11) is 0. The zero-order valence-corrected chi connectivity index (χ0v) is 12.8. The van der Waals surface area contributed by atoms with E-state index in [9.17, 15) is 4.39 Å². The highest BCUT2D eigenvalue weighted by Gasteiger charge is 2.09. The fourth-order valence-corrected chi connectivity index (χ4v) is 2.37. The summed E-state index contributed by atoms with van der Waals surface area (Å²) in [6.45, 7) is 3.71. The van der Waals surface area contributed by atoms with Crippen molar-refractivity contribution in [3.05, 3.63) is 63.4 Å². The summed E-state index contributed by atoms with van der Waals surface area (Å²) < 4.78 is 14.3. The van der Waals surface area contributed by atoms with Crippen LogP contribution < -0.4 is 5.32 Å². The maximum atomic E-state index is 13.6. The molecule has 102 valence electrons. The Hall–Kier alpha value is -1.86. The number of anilines is 1. The second-order valence-corrected chi connectivity index (χ2v) is 5.54. The summed E-state index contributed by atoms with van der Waals surface area (Å²) in [4.78, 5) is 0. The largest absolute Gasteiger partial charge is 0.378 e. The van der Waals surface area contributed by atoms with Gasteiger partial charge in [-0.05, 0) is 65.2 Å². The number of hydrogen-bond acceptors (Lipinski definition) is 2. The molecule has 0 spiro atoms. The lowest BCUT2D eigenvalue weighted by Gasteiger charge is -2.16. The van der Waals surface area contributed by atoms with E-state index in [4.69, 9.17) is 5.26 Å². The number of rotatable bonds is 3. The van der Waals surface area contributed by atoms with Crippen molar-refractivity contribution < 1.29 is 4.39 Å². The first-order chi connectivity index (χ1) is 9.51. The first-order valence-corrected chi connectivity index (χ1v) is 7.03. The summed E-state index contributed by atoms with van der Waals surface area (Å²) in [6, 6.07) is 12.7. The molecule has 0 aromatic heterocycles. The van der Waals surface area contributed by atoms with Crippen LogP contribution in [-0.2, 0) is 0 Å². The summed E-state index contributed by atoms with van der Waals surface area (Å²) >= 11 is 3.35. The average Bonchev–Trinajstić information content (AvgIpc) is 2.42. The molecule has 0 aliphatic heterocycles. The van der Waals surface area contributed by atoms with Crippen LogP contribution in [0.2, 0.25) is 0 Å². The third-order valence-corrected chi connectivity index (χ3v) is 3.82. The second-order valence-electron chi connectivity index (χ2n) is 4.68. The molecule has 0 saturated carbocycles. The minimum Gasteiger partial charge on any atom is -0.378 e. The minimum absolute atomic E-state index is 0.0232. The Kier molecular flexibility index (Phi) is 4.41. The van der Waals surface area contributed by atoms with Gasteiger partial charge < -0.3 is 5.32 Å². The van der Waals surface area contributed by atoms with Crippen molar-refractivity contribution in [3.8, 4) is 6.07 Å². The standard InChI is InChI=1S/C16H14BrFN2/c1-10-3-4-12(7-16(10)18)11(2)20-14-6-5-13(9-19)15(17)8-14/h3-8,11,20H,1-2H3. The minimum atomic E-state index is -0.197. The van der Waals surface area contributed by atoms with Crippen molar-refractivity contribution in [2.45, 2.75) is 19.9 Å². The van der Waals surface area contributed by atoms with Crippen LogP contribution in [0.4, 0.5) is 10.1 Å². The Labute approximate surface area is 126 Å². The Bertz CT molecular complexity index is 677. The Balaban J connectivity index is 2.19. The highest BCUT2D eigenvalue weighted by Crippen LogP contribution is 2.25. The maximum absolute atomic E-state index is 13.6. The van der Waals surface area contributed by atoms with Crippen molar-refractivity contribution in [2.24, 2.45) is 0 Å². The number of nitrogens with one attached hydrogen (secondary N) is 1. The van der Waals surface area contributed by atoms with Gasteiger partial charge in [0.25, 0.3) is 0 Å². The molecule has 2 aromatic rings. The smallest absolute Gasteiger partial charge is 0.126 e. The van der Waals surface area contributed by atoms with Gasteiger partial charge in [-0.1, -0.05) is 12.1 Å². The normalized spacial score (nSPS) is 11.8. The molecule has 0 radical (unpaired) electrons. The number of halogens is 2. The fourth-order valence-electron chi connectivity index (χ4n) is 1.91. The van der Waals surface area contributed by atoms with Gasteiger partial charge in [0.1, 0.15) is 11.9 Å². The number of nitrogens with zero attached hydrogens (tertiary/aromatic N) is 1. The third kappa shape index (κ3) is 3.17. The predicted octanol–water partition coefficient (Wildman–Crippen LogP) is 4.94. The zero-order chi connectivity index (χ0) is 14.7. The molecule has 0 aliphatic carbocycles. The van der Waals surface area contributed by atoms with Crippen molar-refractivity contribution in [1.82, 2.24) is 0 Å². The van der Waals surface area contributed by atoms with Crippen molar-refractivity contribution >= 4 is 21.6 Å². The Morgan fingerprint density at radius 1 is 1.25 bits per heavy atom. The quantitative estimate of drug-likeness (QED) is 0.863. The first kappa shape index (κ1) is 14.5. The topological polar surface area (TPSA) is 35.8 Å². The van der Waals surface area contributed by atoms with Crippen LogP contribution in [0.15, 0.2) is 40.9 Å². The van der Waals surface area contributed by atoms with Gasteiger partial charge in [-0.25, -0.2) is 4.39 Å². The van der Waals surface area contributed by atoms with E-state index in [0.717, 1.165) is 15.7 Å². The lowest BCUT2D eigenvalue weighted by atomic mass is 10.1. The molecule has 2 aromatic carbocycles. The van der Waals surface area contributed by atoms with Gasteiger partial charge in [0.05, 0.1) is 5.56 Å². The first-order valence-electron chi connectivity index (χ1n) is 6.23. The van der Waals surface area contributed by atoms with Crippen LogP contribution in [0.3, 0.4) is 0 Å². The molecule has 2 nitrogen and oxygen atoms in total. The molecule has 1 N–H and O–H groups in total. The van der Waals surface area contributed by atoms with Crippen molar-refractivity contribution in [2.75, 3.05) is 5.32 Å². The van der Waals surface area contributed by atoms with Crippen LogP contribution in [0.25, 0.3) is 0 Å². The molecule has 0 heterocycles. The fraction of sp³-hybridized carbons (Fsp3) is 0.188. The number of nitriles is 1. The van der Waals surface area contributed by atoms with E-state index in [2.05, 4.69) is 27.3 Å². The van der Waals surface area contributed by atoms with Gasteiger partial charge in [0.2, 0.25) is 0 Å². The van der Waals surface area contributed by atoms with Crippen molar-refractivity contribution in [3.63, 3.8) is 0 Å². The van der Waals surface area contributed by atoms with Gasteiger partial charge in [-0.15, -0.1) is 0 Å². The molecule has 0 bridgehead atoms. The Morgan fingerprint density at radius 3 is 2.60 bits per heavy atom. The van der Waals surface area contributed by atoms with Gasteiger partial charge in [0, 0.05) is 16.2 Å². The molecule has 0 saturated heterocycles. The second kappa shape index (κ2) is 6.06. The molecular weight excluding hydrogens is 319 g/mol. The van der Waals surface area contributed by atoms with E-state index in [1.54, 1.807) is 25.1 Å². The summed E-state index contributed by atoms with van der Waals surface area (Å²) in [5, 5.41) is 12.2. The summed E-state index contributed by atoms with van der Waals surface area (Å²) in [5.41, 5.74) is 2.99. The van der Waals surface area contributed by atoms with Crippen molar-refractivity contribution in [1.29, 1.82) is 5.26 Å². The monoisotopic (exact) mass is 332 g/mol. The molecule has 0 fully saturated rings. The third-order valence-electron chi connectivity index (χ3n) is 3.17. The number of aryl methyl sites for hydroxylation is 1. The van der Waals surface area contributed by atoms with Crippen LogP contribution in [-0.4, -0.2) is 0 Å². The van der Waals surface area contributed by atoms with Gasteiger partial charge in [0.15, 0.2) is 0 Å². The molecule has 1 atom stereocenters. The molecule has 0 aliphatic rings. The maximum Gasteiger partial charge on any atom is 0.126 e. The lowest BCUT2D eigenvalue weighted by molar-refractivity contribution is 0.614. The van der Waals surface area contributed by atoms with E-state index < -0.39 is 0 Å². The highest BCUT2D eigenvalue weighted by atomic mass is 79.9. The van der Waals surface area contributed by atoms with Crippen LogP contribution in [0.5, 0.6) is 0 Å². The SMILES string of the molecule is Cc1ccc(C(C)Nc2ccc(C#N)c(Br)c2)cc1F.